The maximum atomic E-state index is 11.8. The molecule has 0 unspecified atom stereocenters. The number of amides is 1. The Bertz CT molecular complexity index is 613. The van der Waals surface area contributed by atoms with Crippen LogP contribution in [-0.2, 0) is 4.79 Å². The van der Waals surface area contributed by atoms with Crippen LogP contribution in [0, 0.1) is 0 Å². The highest BCUT2D eigenvalue weighted by molar-refractivity contribution is 5.90. The first kappa shape index (κ1) is 14.7. The van der Waals surface area contributed by atoms with Crippen LogP contribution in [0.1, 0.15) is 6.42 Å². The third-order valence-electron chi connectivity index (χ3n) is 2.79. The number of hydrogen-bond acceptors (Lipinski definition) is 4. The third-order valence-corrected chi connectivity index (χ3v) is 2.79. The van der Waals surface area contributed by atoms with Gasteiger partial charge in [-0.2, -0.15) is 0 Å². The lowest BCUT2D eigenvalue weighted by molar-refractivity contribution is -0.116. The number of carbonyl (C=O) groups is 1. The molecule has 0 aliphatic heterocycles. The van der Waals surface area contributed by atoms with Crippen LogP contribution in [0.4, 0.5) is 5.69 Å². The van der Waals surface area contributed by atoms with Crippen molar-refractivity contribution in [3.8, 4) is 17.2 Å². The molecule has 2 N–H and O–H groups in total. The van der Waals surface area contributed by atoms with E-state index in [2.05, 4.69) is 5.32 Å². The van der Waals surface area contributed by atoms with E-state index in [0.717, 1.165) is 0 Å². The van der Waals surface area contributed by atoms with Crippen LogP contribution in [-0.4, -0.2) is 24.7 Å². The van der Waals surface area contributed by atoms with Gasteiger partial charge in [0, 0.05) is 11.8 Å². The average molecular weight is 287 g/mol. The standard InChI is InChI=1S/C16H17NO4/c1-20-14-7-2-3-8-15(14)21-10-9-16(19)17-12-5-4-6-13(18)11-12/h2-8,11,18H,9-10H2,1H3,(H,17,19). The van der Waals surface area contributed by atoms with E-state index >= 15 is 0 Å². The molecule has 0 saturated heterocycles. The zero-order valence-corrected chi connectivity index (χ0v) is 11.7. The number of benzene rings is 2. The minimum Gasteiger partial charge on any atom is -0.508 e. The first-order valence-corrected chi connectivity index (χ1v) is 6.54. The van der Waals surface area contributed by atoms with Gasteiger partial charge in [-0.15, -0.1) is 0 Å². The number of aromatic hydroxyl groups is 1. The molecule has 2 aromatic rings. The van der Waals surface area contributed by atoms with E-state index in [9.17, 15) is 9.90 Å². The molecule has 0 heterocycles. The van der Waals surface area contributed by atoms with Crippen molar-refractivity contribution in [1.29, 1.82) is 0 Å². The second-order valence-corrected chi connectivity index (χ2v) is 4.35. The Labute approximate surface area is 123 Å². The lowest BCUT2D eigenvalue weighted by Gasteiger charge is -2.10. The zero-order chi connectivity index (χ0) is 15.1. The number of rotatable bonds is 6. The third kappa shape index (κ3) is 4.42. The molecule has 0 spiro atoms. The van der Waals surface area contributed by atoms with Gasteiger partial charge >= 0.3 is 0 Å². The molecule has 0 saturated carbocycles. The minimum absolute atomic E-state index is 0.109. The van der Waals surface area contributed by atoms with E-state index in [4.69, 9.17) is 9.47 Å². The zero-order valence-electron chi connectivity index (χ0n) is 11.7. The Balaban J connectivity index is 1.82. The summed E-state index contributed by atoms with van der Waals surface area (Å²) in [4.78, 5) is 11.8. The van der Waals surface area contributed by atoms with E-state index in [1.165, 1.54) is 6.07 Å². The Kier molecular flexibility index (Phi) is 5.04. The lowest BCUT2D eigenvalue weighted by Crippen LogP contribution is -2.15. The molecule has 1 amide bonds. The Morgan fingerprint density at radius 2 is 1.90 bits per heavy atom. The molecule has 0 radical (unpaired) electrons. The molecule has 0 aromatic heterocycles. The molecule has 0 bridgehead atoms. The van der Waals surface area contributed by atoms with Gasteiger partial charge in [-0.25, -0.2) is 0 Å². The summed E-state index contributed by atoms with van der Waals surface area (Å²) in [5.41, 5.74) is 0.553. The van der Waals surface area contributed by atoms with Gasteiger partial charge in [0.05, 0.1) is 20.1 Å². The molecular formula is C16H17NO4. The predicted molar refractivity (Wildman–Crippen MR) is 79.8 cm³/mol. The van der Waals surface area contributed by atoms with Crippen molar-refractivity contribution < 1.29 is 19.4 Å². The number of carbonyl (C=O) groups excluding carboxylic acids is 1. The van der Waals surface area contributed by atoms with Crippen LogP contribution in [0.15, 0.2) is 48.5 Å². The first-order valence-electron chi connectivity index (χ1n) is 6.54. The fraction of sp³-hybridized carbons (Fsp3) is 0.188. The molecule has 2 aromatic carbocycles. The number of phenols is 1. The quantitative estimate of drug-likeness (QED) is 0.857. The average Bonchev–Trinajstić information content (AvgIpc) is 2.47. The van der Waals surface area contributed by atoms with E-state index < -0.39 is 0 Å². The van der Waals surface area contributed by atoms with Gasteiger partial charge in [0.2, 0.25) is 5.91 Å². The largest absolute Gasteiger partial charge is 0.508 e. The van der Waals surface area contributed by atoms with Gasteiger partial charge in [-0.1, -0.05) is 18.2 Å². The van der Waals surface area contributed by atoms with Crippen LogP contribution in [0.2, 0.25) is 0 Å². The first-order chi connectivity index (χ1) is 10.2. The molecule has 5 nitrogen and oxygen atoms in total. The highest BCUT2D eigenvalue weighted by Crippen LogP contribution is 2.25. The fourth-order valence-electron chi connectivity index (χ4n) is 1.80. The predicted octanol–water partition coefficient (Wildman–Crippen LogP) is 2.81. The van der Waals surface area contributed by atoms with Gasteiger partial charge in [-0.05, 0) is 24.3 Å². The summed E-state index contributed by atoms with van der Waals surface area (Å²) in [5.74, 6) is 1.16. The number of ether oxygens (including phenoxy) is 2. The highest BCUT2D eigenvalue weighted by atomic mass is 16.5. The Morgan fingerprint density at radius 1 is 1.14 bits per heavy atom. The summed E-state index contributed by atoms with van der Waals surface area (Å²) < 4.78 is 10.7. The van der Waals surface area contributed by atoms with E-state index in [1.54, 1.807) is 37.4 Å². The van der Waals surface area contributed by atoms with Crippen molar-refractivity contribution in [3.63, 3.8) is 0 Å². The summed E-state index contributed by atoms with van der Waals surface area (Å²) in [6.45, 7) is 0.241. The van der Waals surface area contributed by atoms with Crippen molar-refractivity contribution >= 4 is 11.6 Å². The Morgan fingerprint density at radius 3 is 2.62 bits per heavy atom. The van der Waals surface area contributed by atoms with Crippen molar-refractivity contribution in [2.24, 2.45) is 0 Å². The van der Waals surface area contributed by atoms with Crippen molar-refractivity contribution in [2.75, 3.05) is 19.0 Å². The van der Waals surface area contributed by atoms with E-state index in [1.807, 2.05) is 12.1 Å². The van der Waals surface area contributed by atoms with Crippen LogP contribution < -0.4 is 14.8 Å². The summed E-state index contributed by atoms with van der Waals surface area (Å²) in [6.07, 6.45) is 0.202. The van der Waals surface area contributed by atoms with Gasteiger partial charge in [-0.3, -0.25) is 4.79 Å². The van der Waals surface area contributed by atoms with Crippen LogP contribution >= 0.6 is 0 Å². The van der Waals surface area contributed by atoms with Crippen LogP contribution in [0.5, 0.6) is 17.2 Å². The van der Waals surface area contributed by atoms with Gasteiger partial charge < -0.3 is 19.9 Å². The minimum atomic E-state index is -0.185. The molecule has 0 fully saturated rings. The highest BCUT2D eigenvalue weighted by Gasteiger charge is 2.06. The molecule has 5 heteroatoms. The normalized spacial score (nSPS) is 9.95. The second-order valence-electron chi connectivity index (χ2n) is 4.35. The monoisotopic (exact) mass is 287 g/mol. The summed E-state index contributed by atoms with van der Waals surface area (Å²) in [6, 6.07) is 13.7. The topological polar surface area (TPSA) is 67.8 Å². The number of phenolic OH excluding ortho intramolecular Hbond substituents is 1. The molecule has 0 aliphatic rings. The molecule has 110 valence electrons. The molecular weight excluding hydrogens is 270 g/mol. The van der Waals surface area contributed by atoms with Crippen molar-refractivity contribution in [1.82, 2.24) is 0 Å². The van der Waals surface area contributed by atoms with Crippen LogP contribution in [0.25, 0.3) is 0 Å². The number of anilines is 1. The number of methoxy groups -OCH3 is 1. The smallest absolute Gasteiger partial charge is 0.227 e. The molecule has 21 heavy (non-hydrogen) atoms. The van der Waals surface area contributed by atoms with E-state index in [0.29, 0.717) is 17.2 Å². The SMILES string of the molecule is COc1ccccc1OCCC(=O)Nc1cccc(O)c1. The maximum absolute atomic E-state index is 11.8. The molecule has 2 rings (SSSR count). The summed E-state index contributed by atoms with van der Waals surface area (Å²) in [7, 11) is 1.57. The molecule has 0 aliphatic carbocycles. The number of nitrogens with one attached hydrogen (secondary N) is 1. The van der Waals surface area contributed by atoms with Gasteiger partial charge in [0.25, 0.3) is 0 Å². The fourth-order valence-corrected chi connectivity index (χ4v) is 1.80. The summed E-state index contributed by atoms with van der Waals surface area (Å²) >= 11 is 0. The maximum Gasteiger partial charge on any atom is 0.227 e. The number of para-hydroxylation sites is 2. The van der Waals surface area contributed by atoms with Crippen molar-refractivity contribution in [2.45, 2.75) is 6.42 Å². The summed E-state index contributed by atoms with van der Waals surface area (Å²) in [5, 5.41) is 12.0. The lowest BCUT2D eigenvalue weighted by atomic mass is 10.3. The molecule has 0 atom stereocenters. The van der Waals surface area contributed by atoms with Gasteiger partial charge in [0.15, 0.2) is 11.5 Å². The van der Waals surface area contributed by atoms with Crippen molar-refractivity contribution in [3.05, 3.63) is 48.5 Å². The number of hydrogen-bond donors (Lipinski definition) is 2. The second kappa shape index (κ2) is 7.19. The van der Waals surface area contributed by atoms with Gasteiger partial charge in [0.1, 0.15) is 5.75 Å². The Hall–Kier alpha value is -2.69. The van der Waals surface area contributed by atoms with E-state index in [-0.39, 0.29) is 24.7 Å². The van der Waals surface area contributed by atoms with Crippen LogP contribution in [0.3, 0.4) is 0 Å².